The quantitative estimate of drug-likeness (QED) is 0.649. The van der Waals surface area contributed by atoms with Gasteiger partial charge >= 0.3 is 5.97 Å². The van der Waals surface area contributed by atoms with E-state index in [-0.39, 0.29) is 17.9 Å². The lowest BCUT2D eigenvalue weighted by atomic mass is 9.93. The van der Waals surface area contributed by atoms with Gasteiger partial charge < -0.3 is 4.74 Å². The summed E-state index contributed by atoms with van der Waals surface area (Å²) in [6.45, 7) is 1.92. The fraction of sp³-hybridized carbons (Fsp3) is 0.385. The number of rotatable bonds is 5. The van der Waals surface area contributed by atoms with Gasteiger partial charge in [0.2, 0.25) is 0 Å². The summed E-state index contributed by atoms with van der Waals surface area (Å²) in [7, 11) is 3.79. The van der Waals surface area contributed by atoms with Gasteiger partial charge in [0.15, 0.2) is 0 Å². The van der Waals surface area contributed by atoms with Gasteiger partial charge in [0, 0.05) is 6.04 Å². The van der Waals surface area contributed by atoms with Crippen LogP contribution >= 0.6 is 9.39 Å². The fourth-order valence-corrected chi connectivity index (χ4v) is 1.99. The van der Waals surface area contributed by atoms with Crippen LogP contribution in [0, 0.1) is 17.2 Å². The predicted molar refractivity (Wildman–Crippen MR) is 72.7 cm³/mol. The van der Waals surface area contributed by atoms with Crippen LogP contribution in [0.2, 0.25) is 0 Å². The second kappa shape index (κ2) is 7.10. The molecule has 0 aliphatic heterocycles. The molecule has 1 aromatic carbocycles. The first-order valence-electron chi connectivity index (χ1n) is 5.65. The zero-order chi connectivity index (χ0) is 13.5. The second-order valence-electron chi connectivity index (χ2n) is 4.10. The molecule has 0 saturated carbocycles. The Labute approximate surface area is 110 Å². The van der Waals surface area contributed by atoms with Gasteiger partial charge in [-0.3, -0.25) is 9.88 Å². The van der Waals surface area contributed by atoms with Gasteiger partial charge in [-0.25, -0.2) is 0 Å². The van der Waals surface area contributed by atoms with E-state index in [1.54, 1.807) is 12.1 Å². The lowest BCUT2D eigenvalue weighted by Gasteiger charge is -2.21. The third kappa shape index (κ3) is 3.80. The first kappa shape index (κ1) is 14.6. The molecule has 0 aliphatic rings. The molecule has 0 bridgehead atoms. The molecular weight excluding hydrogens is 247 g/mol. The SMILES string of the molecule is COC(=O)C(Cc1cccc(C#N)c1)C(C)NP. The molecule has 1 aromatic rings. The van der Waals surface area contributed by atoms with Gasteiger partial charge in [0.05, 0.1) is 24.7 Å². The van der Waals surface area contributed by atoms with Crippen molar-refractivity contribution in [1.29, 1.82) is 5.26 Å². The number of hydrogen-bond acceptors (Lipinski definition) is 4. The Morgan fingerprint density at radius 2 is 2.33 bits per heavy atom. The van der Waals surface area contributed by atoms with Crippen LogP contribution in [0.15, 0.2) is 24.3 Å². The Morgan fingerprint density at radius 1 is 1.61 bits per heavy atom. The van der Waals surface area contributed by atoms with Gasteiger partial charge in [-0.15, -0.1) is 0 Å². The molecule has 5 heteroatoms. The molecule has 96 valence electrons. The zero-order valence-corrected chi connectivity index (χ0v) is 11.7. The largest absolute Gasteiger partial charge is 0.469 e. The standard InChI is InChI=1S/C13H17N2O2P/c1-9(15-18)12(13(16)17-2)7-10-4-3-5-11(6-10)8-14/h3-6,9,12,15H,7,18H2,1-2H3. The highest BCUT2D eigenvalue weighted by atomic mass is 31.0. The summed E-state index contributed by atoms with van der Waals surface area (Å²) >= 11 is 0. The smallest absolute Gasteiger partial charge is 0.310 e. The molecule has 4 nitrogen and oxygen atoms in total. The van der Waals surface area contributed by atoms with E-state index in [4.69, 9.17) is 10.00 Å². The van der Waals surface area contributed by atoms with Gasteiger partial charge in [-0.05, 0) is 31.0 Å². The number of nitrogens with zero attached hydrogens (tertiary/aromatic N) is 1. The number of benzene rings is 1. The van der Waals surface area contributed by atoms with E-state index < -0.39 is 0 Å². The van der Waals surface area contributed by atoms with E-state index in [1.165, 1.54) is 7.11 Å². The van der Waals surface area contributed by atoms with Gasteiger partial charge in [0.1, 0.15) is 0 Å². The monoisotopic (exact) mass is 264 g/mol. The van der Waals surface area contributed by atoms with Gasteiger partial charge in [0.25, 0.3) is 0 Å². The molecule has 0 amide bonds. The molecule has 0 heterocycles. The summed E-state index contributed by atoms with van der Waals surface area (Å²) in [5.41, 5.74) is 1.55. The van der Waals surface area contributed by atoms with Crippen LogP contribution in [0.3, 0.4) is 0 Å². The van der Waals surface area contributed by atoms with Crippen LogP contribution < -0.4 is 5.09 Å². The molecule has 0 spiro atoms. The summed E-state index contributed by atoms with van der Waals surface area (Å²) < 4.78 is 4.81. The van der Waals surface area contributed by atoms with Crippen molar-refractivity contribution in [3.63, 3.8) is 0 Å². The summed E-state index contributed by atoms with van der Waals surface area (Å²) in [4.78, 5) is 11.7. The van der Waals surface area contributed by atoms with Gasteiger partial charge in [-0.2, -0.15) is 5.26 Å². The zero-order valence-electron chi connectivity index (χ0n) is 10.5. The van der Waals surface area contributed by atoms with Crippen LogP contribution in [-0.4, -0.2) is 19.1 Å². The normalized spacial score (nSPS) is 13.4. The van der Waals surface area contributed by atoms with E-state index in [9.17, 15) is 4.79 Å². The lowest BCUT2D eigenvalue weighted by Crippen LogP contribution is -2.35. The number of hydrogen-bond donors (Lipinski definition) is 1. The molecule has 0 saturated heterocycles. The van der Waals surface area contributed by atoms with Crippen LogP contribution in [0.25, 0.3) is 0 Å². The van der Waals surface area contributed by atoms with Gasteiger partial charge in [-0.1, -0.05) is 21.5 Å². The molecule has 1 rings (SSSR count). The Balaban J connectivity index is 2.89. The molecule has 3 atom stereocenters. The van der Waals surface area contributed by atoms with E-state index in [0.29, 0.717) is 12.0 Å². The summed E-state index contributed by atoms with van der Waals surface area (Å²) in [5, 5.41) is 11.8. The van der Waals surface area contributed by atoms with Crippen LogP contribution in [0.5, 0.6) is 0 Å². The van der Waals surface area contributed by atoms with Crippen molar-refractivity contribution in [2.24, 2.45) is 5.92 Å². The van der Waals surface area contributed by atoms with Crippen molar-refractivity contribution < 1.29 is 9.53 Å². The molecule has 0 radical (unpaired) electrons. The first-order chi connectivity index (χ1) is 8.62. The number of nitriles is 1. The first-order valence-corrected chi connectivity index (χ1v) is 6.23. The number of methoxy groups -OCH3 is 1. The Hall–Kier alpha value is -1.43. The highest BCUT2D eigenvalue weighted by Crippen LogP contribution is 2.16. The number of ether oxygens (including phenoxy) is 1. The fourth-order valence-electron chi connectivity index (χ4n) is 1.75. The van der Waals surface area contributed by atoms with Crippen LogP contribution in [-0.2, 0) is 16.0 Å². The van der Waals surface area contributed by atoms with E-state index in [0.717, 1.165) is 5.56 Å². The molecule has 3 unspecified atom stereocenters. The van der Waals surface area contributed by atoms with E-state index >= 15 is 0 Å². The van der Waals surface area contributed by atoms with Crippen molar-refractivity contribution in [3.05, 3.63) is 35.4 Å². The minimum Gasteiger partial charge on any atom is -0.469 e. The molecular formula is C13H17N2O2P. The molecule has 0 fully saturated rings. The van der Waals surface area contributed by atoms with Crippen LogP contribution in [0.4, 0.5) is 0 Å². The van der Waals surface area contributed by atoms with E-state index in [2.05, 4.69) is 20.5 Å². The lowest BCUT2D eigenvalue weighted by molar-refractivity contribution is -0.146. The van der Waals surface area contributed by atoms with Crippen molar-refractivity contribution >= 4 is 15.4 Å². The predicted octanol–water partition coefficient (Wildman–Crippen LogP) is 1.66. The molecule has 18 heavy (non-hydrogen) atoms. The highest BCUT2D eigenvalue weighted by Gasteiger charge is 2.25. The third-order valence-corrected chi connectivity index (χ3v) is 3.41. The number of esters is 1. The number of carbonyl (C=O) groups excluding carboxylic acids is 1. The second-order valence-corrected chi connectivity index (χ2v) is 4.43. The van der Waals surface area contributed by atoms with Crippen molar-refractivity contribution in [2.75, 3.05) is 7.11 Å². The topological polar surface area (TPSA) is 62.1 Å². The highest BCUT2D eigenvalue weighted by molar-refractivity contribution is 7.13. The maximum absolute atomic E-state index is 11.7. The average Bonchev–Trinajstić information content (AvgIpc) is 2.43. The van der Waals surface area contributed by atoms with Crippen molar-refractivity contribution in [2.45, 2.75) is 19.4 Å². The molecule has 1 N–H and O–H groups in total. The Morgan fingerprint density at radius 3 is 2.89 bits per heavy atom. The minimum atomic E-state index is -0.276. The summed E-state index contributed by atoms with van der Waals surface area (Å²) in [6, 6.07) is 9.34. The average molecular weight is 264 g/mol. The summed E-state index contributed by atoms with van der Waals surface area (Å²) in [6.07, 6.45) is 0.546. The number of carbonyl (C=O) groups is 1. The van der Waals surface area contributed by atoms with Crippen molar-refractivity contribution in [3.8, 4) is 6.07 Å². The van der Waals surface area contributed by atoms with E-state index in [1.807, 2.05) is 19.1 Å². The summed E-state index contributed by atoms with van der Waals surface area (Å²) in [5.74, 6) is -0.527. The molecule has 0 aliphatic carbocycles. The minimum absolute atomic E-state index is 0.0202. The third-order valence-electron chi connectivity index (χ3n) is 2.88. The molecule has 0 aromatic heterocycles. The Bertz CT molecular complexity index is 457. The maximum Gasteiger partial charge on any atom is 0.310 e. The van der Waals surface area contributed by atoms with Crippen molar-refractivity contribution in [1.82, 2.24) is 5.09 Å². The Kier molecular flexibility index (Phi) is 5.77. The maximum atomic E-state index is 11.7. The van der Waals surface area contributed by atoms with Crippen LogP contribution in [0.1, 0.15) is 18.1 Å². The number of nitrogens with one attached hydrogen (secondary N) is 1.